The summed E-state index contributed by atoms with van der Waals surface area (Å²) in [6.45, 7) is 14.4. The van der Waals surface area contributed by atoms with Crippen LogP contribution in [0.15, 0.2) is 48.5 Å². The molecule has 3 unspecified atom stereocenters. The summed E-state index contributed by atoms with van der Waals surface area (Å²) in [6, 6.07) is 10.6. The maximum Gasteiger partial charge on any atom is 0.408 e. The number of nitrogens with one attached hydrogen (secondary N) is 2. The lowest BCUT2D eigenvalue weighted by Gasteiger charge is -2.35. The number of aryl methyl sites for hydroxylation is 1. The molecule has 0 fully saturated rings. The molecule has 0 saturated heterocycles. The summed E-state index contributed by atoms with van der Waals surface area (Å²) in [5, 5.41) is 15.8. The molecule has 2 aromatic rings. The lowest BCUT2D eigenvalue weighted by molar-refractivity contribution is -0.159. The van der Waals surface area contributed by atoms with Crippen molar-refractivity contribution in [2.24, 2.45) is 0 Å². The van der Waals surface area contributed by atoms with Gasteiger partial charge < -0.3 is 30.1 Å². The number of carbonyl (C=O) groups excluding carboxylic acids is 4. The molecule has 48 heavy (non-hydrogen) atoms. The number of benzene rings is 2. The van der Waals surface area contributed by atoms with Crippen LogP contribution >= 0.6 is 12.6 Å². The van der Waals surface area contributed by atoms with E-state index in [4.69, 9.17) is 9.47 Å². The van der Waals surface area contributed by atoms with Gasteiger partial charge in [-0.2, -0.15) is 12.6 Å². The molecule has 0 aliphatic carbocycles. The van der Waals surface area contributed by atoms with Gasteiger partial charge in [-0.15, -0.1) is 0 Å². The molecule has 3 N–H and O–H groups in total. The summed E-state index contributed by atoms with van der Waals surface area (Å²) >= 11 is 4.38. The molecule has 0 bridgehead atoms. The van der Waals surface area contributed by atoms with E-state index in [1.54, 1.807) is 60.6 Å². The second-order valence-electron chi connectivity index (χ2n) is 14.1. The molecule has 0 saturated carbocycles. The van der Waals surface area contributed by atoms with Crippen LogP contribution in [0.4, 0.5) is 4.79 Å². The first kappa shape index (κ1) is 40.4. The molecular formula is C37H55N3O7S. The molecule has 2 rings (SSSR count). The molecule has 0 radical (unpaired) electrons. The van der Waals surface area contributed by atoms with E-state index in [0.29, 0.717) is 17.5 Å². The van der Waals surface area contributed by atoms with Crippen LogP contribution < -0.4 is 10.6 Å². The zero-order valence-corrected chi connectivity index (χ0v) is 30.7. The van der Waals surface area contributed by atoms with Crippen molar-refractivity contribution in [3.63, 3.8) is 0 Å². The number of rotatable bonds is 16. The van der Waals surface area contributed by atoms with Crippen molar-refractivity contribution in [2.45, 2.75) is 123 Å². The number of amides is 3. The van der Waals surface area contributed by atoms with Gasteiger partial charge in [0.2, 0.25) is 11.8 Å². The number of carbonyl (C=O) groups is 4. The second kappa shape index (κ2) is 18.7. The molecule has 2 aromatic carbocycles. The Morgan fingerprint density at radius 3 is 2.04 bits per heavy atom. The van der Waals surface area contributed by atoms with Gasteiger partial charge in [0.15, 0.2) is 0 Å². The first-order valence-electron chi connectivity index (χ1n) is 16.7. The van der Waals surface area contributed by atoms with Gasteiger partial charge in [-0.3, -0.25) is 9.59 Å². The Kier molecular flexibility index (Phi) is 15.8. The highest BCUT2D eigenvalue weighted by Gasteiger charge is 2.38. The summed E-state index contributed by atoms with van der Waals surface area (Å²) < 4.78 is 11.1. The first-order valence-corrected chi connectivity index (χ1v) is 17.4. The number of hydrogen-bond acceptors (Lipinski definition) is 8. The minimum absolute atomic E-state index is 0.0332. The highest BCUT2D eigenvalue weighted by atomic mass is 32.1. The number of phenols is 1. The number of ether oxygens (including phenoxy) is 2. The van der Waals surface area contributed by atoms with Crippen LogP contribution in [-0.2, 0) is 30.3 Å². The summed E-state index contributed by atoms with van der Waals surface area (Å²) in [4.78, 5) is 56.5. The van der Waals surface area contributed by atoms with E-state index in [2.05, 4.69) is 30.2 Å². The number of hydrogen-bond donors (Lipinski definition) is 4. The lowest BCUT2D eigenvalue weighted by atomic mass is 9.98. The highest BCUT2D eigenvalue weighted by Crippen LogP contribution is 2.28. The number of aromatic hydroxyl groups is 1. The third-order valence-corrected chi connectivity index (χ3v) is 7.71. The van der Waals surface area contributed by atoms with Gasteiger partial charge in [0, 0.05) is 18.7 Å². The number of phenolic OH excluding ortho intramolecular Hbond substituents is 1. The molecule has 0 spiro atoms. The lowest BCUT2D eigenvalue weighted by Crippen LogP contribution is -2.55. The van der Waals surface area contributed by atoms with Crippen molar-refractivity contribution >= 4 is 36.5 Å². The van der Waals surface area contributed by atoms with Gasteiger partial charge in [-0.25, -0.2) is 9.59 Å². The monoisotopic (exact) mass is 685 g/mol. The van der Waals surface area contributed by atoms with E-state index in [1.165, 1.54) is 11.0 Å². The molecule has 266 valence electrons. The number of nitrogens with zero attached hydrogens (tertiary/aromatic N) is 1. The Morgan fingerprint density at radius 2 is 1.48 bits per heavy atom. The van der Waals surface area contributed by atoms with E-state index in [-0.39, 0.29) is 24.5 Å². The molecule has 11 heteroatoms. The molecule has 0 aromatic heterocycles. The first-order chi connectivity index (χ1) is 22.5. The molecule has 0 aliphatic rings. The van der Waals surface area contributed by atoms with Gasteiger partial charge in [-0.1, -0.05) is 69.0 Å². The van der Waals surface area contributed by atoms with Crippen molar-refractivity contribution in [3.05, 3.63) is 65.2 Å². The van der Waals surface area contributed by atoms with Crippen LogP contribution in [0.25, 0.3) is 0 Å². The third-order valence-electron chi connectivity index (χ3n) is 7.34. The average Bonchev–Trinajstić information content (AvgIpc) is 2.99. The summed E-state index contributed by atoms with van der Waals surface area (Å²) in [6.07, 6.45) is 3.82. The van der Waals surface area contributed by atoms with Gasteiger partial charge >= 0.3 is 12.1 Å². The number of unbranched alkanes of at least 4 members (excludes halogenated alkanes) is 4. The Bertz CT molecular complexity index is 1350. The number of alkyl carbamates (subject to hydrolysis) is 1. The summed E-state index contributed by atoms with van der Waals surface area (Å²) in [7, 11) is 0. The predicted octanol–water partition coefficient (Wildman–Crippen LogP) is 6.43. The highest BCUT2D eigenvalue weighted by molar-refractivity contribution is 7.80. The van der Waals surface area contributed by atoms with Crippen LogP contribution in [0.1, 0.15) is 103 Å². The minimum Gasteiger partial charge on any atom is -0.508 e. The van der Waals surface area contributed by atoms with E-state index in [9.17, 15) is 24.3 Å². The maximum atomic E-state index is 14.5. The SMILES string of the molecule is CCCCCCCN(C(=O)C(CS)NC(=O)OC(C)(C)C)C(C(=O)NC(Cc1ccccc1)C(=O)OC(C)(C)C)c1ccc(O)c(C)c1. The van der Waals surface area contributed by atoms with Crippen LogP contribution in [0, 0.1) is 6.92 Å². The zero-order chi connectivity index (χ0) is 36.1. The molecular weight excluding hydrogens is 630 g/mol. The smallest absolute Gasteiger partial charge is 0.408 e. The van der Waals surface area contributed by atoms with Gasteiger partial charge in [0.25, 0.3) is 0 Å². The fourth-order valence-corrected chi connectivity index (χ4v) is 5.32. The van der Waals surface area contributed by atoms with Gasteiger partial charge in [0.1, 0.15) is 35.1 Å². The predicted molar refractivity (Wildman–Crippen MR) is 191 cm³/mol. The van der Waals surface area contributed by atoms with Crippen molar-refractivity contribution in [1.82, 2.24) is 15.5 Å². The zero-order valence-electron chi connectivity index (χ0n) is 29.8. The van der Waals surface area contributed by atoms with Crippen molar-refractivity contribution in [1.29, 1.82) is 0 Å². The van der Waals surface area contributed by atoms with E-state index in [0.717, 1.165) is 31.2 Å². The van der Waals surface area contributed by atoms with Crippen LogP contribution in [-0.4, -0.2) is 69.5 Å². The Morgan fingerprint density at radius 1 is 0.854 bits per heavy atom. The van der Waals surface area contributed by atoms with Crippen LogP contribution in [0.3, 0.4) is 0 Å². The normalized spacial score (nSPS) is 13.5. The Labute approximate surface area is 291 Å². The number of thiol groups is 1. The summed E-state index contributed by atoms with van der Waals surface area (Å²) in [5.41, 5.74) is 0.145. The largest absolute Gasteiger partial charge is 0.508 e. The fraction of sp³-hybridized carbons (Fsp3) is 0.568. The quantitative estimate of drug-likeness (QED) is 0.0909. The summed E-state index contributed by atoms with van der Waals surface area (Å²) in [5.74, 6) is -1.77. The maximum absolute atomic E-state index is 14.5. The second-order valence-corrected chi connectivity index (χ2v) is 14.4. The molecule has 10 nitrogen and oxygen atoms in total. The third kappa shape index (κ3) is 13.8. The minimum atomic E-state index is -1.22. The van der Waals surface area contributed by atoms with Gasteiger partial charge in [0.05, 0.1) is 0 Å². The van der Waals surface area contributed by atoms with E-state index in [1.807, 2.05) is 30.3 Å². The molecule has 0 aliphatic heterocycles. The standard InChI is InChI=1S/C37H55N3O7S/c1-9-10-11-12-16-21-40(33(43)29(24-48)39-35(45)47-37(6,7)8)31(27-19-20-30(41)25(2)22-27)32(42)38-28(34(44)46-36(3,4)5)23-26-17-14-13-15-18-26/h13-15,17-20,22,28-29,31,41,48H,9-12,16,21,23-24H2,1-8H3,(H,38,42)(H,39,45). The Hall–Kier alpha value is -3.73. The number of esters is 1. The Balaban J connectivity index is 2.61. The van der Waals surface area contributed by atoms with Gasteiger partial charge in [-0.05, 0) is 83.7 Å². The fourth-order valence-electron chi connectivity index (χ4n) is 5.08. The van der Waals surface area contributed by atoms with Crippen molar-refractivity contribution in [2.75, 3.05) is 12.3 Å². The molecule has 3 amide bonds. The van der Waals surface area contributed by atoms with Crippen LogP contribution in [0.2, 0.25) is 0 Å². The van der Waals surface area contributed by atoms with Crippen LogP contribution in [0.5, 0.6) is 5.75 Å². The average molecular weight is 686 g/mol. The van der Waals surface area contributed by atoms with Crippen molar-refractivity contribution < 1.29 is 33.8 Å². The van der Waals surface area contributed by atoms with Crippen molar-refractivity contribution in [3.8, 4) is 5.75 Å². The molecule has 3 atom stereocenters. The topological polar surface area (TPSA) is 134 Å². The van der Waals surface area contributed by atoms with E-state index >= 15 is 0 Å². The molecule has 0 heterocycles. The van der Waals surface area contributed by atoms with E-state index < -0.39 is 53.2 Å².